The van der Waals surface area contributed by atoms with Gasteiger partial charge in [-0.1, -0.05) is 49.7 Å². The molecule has 0 spiro atoms. The maximum atomic E-state index is 13.8. The summed E-state index contributed by atoms with van der Waals surface area (Å²) in [5.41, 5.74) is 3.29. The van der Waals surface area contributed by atoms with Gasteiger partial charge in [0, 0.05) is 13.0 Å². The fraction of sp³-hybridized carbons (Fsp3) is 0.389. The first-order chi connectivity index (χ1) is 11.4. The third kappa shape index (κ3) is 3.11. The standard InChI is InChI=1S/C18H19F3N2O/c1-2-5-14-13-7-4-3-6-12(13)8-9-15(14)17(18(19,20)21)23-11-10-16(24)22-23/h3-4,6-9,17H,2,5,10-11H2,1H3,(H,22,24). The summed E-state index contributed by atoms with van der Waals surface area (Å²) in [6.07, 6.45) is -3.07. The van der Waals surface area contributed by atoms with Gasteiger partial charge in [-0.15, -0.1) is 0 Å². The molecular formula is C18H19F3N2O. The van der Waals surface area contributed by atoms with Crippen LogP contribution in [-0.4, -0.2) is 23.6 Å². The van der Waals surface area contributed by atoms with Crippen LogP contribution in [0.4, 0.5) is 13.2 Å². The summed E-state index contributed by atoms with van der Waals surface area (Å²) in [5, 5.41) is 2.79. The molecule has 1 N–H and O–H groups in total. The van der Waals surface area contributed by atoms with Crippen LogP contribution in [0.1, 0.15) is 36.9 Å². The van der Waals surface area contributed by atoms with Gasteiger partial charge in [0.15, 0.2) is 0 Å². The summed E-state index contributed by atoms with van der Waals surface area (Å²) >= 11 is 0. The van der Waals surface area contributed by atoms with Gasteiger partial charge in [0.2, 0.25) is 5.91 Å². The zero-order chi connectivity index (χ0) is 17.3. The first kappa shape index (κ1) is 16.8. The van der Waals surface area contributed by atoms with E-state index in [0.29, 0.717) is 12.0 Å². The van der Waals surface area contributed by atoms with E-state index in [1.54, 1.807) is 12.1 Å². The quantitative estimate of drug-likeness (QED) is 0.910. The van der Waals surface area contributed by atoms with Crippen LogP contribution in [-0.2, 0) is 11.2 Å². The van der Waals surface area contributed by atoms with Crippen LogP contribution in [0.15, 0.2) is 36.4 Å². The van der Waals surface area contributed by atoms with E-state index in [-0.39, 0.29) is 24.4 Å². The van der Waals surface area contributed by atoms with Crippen molar-refractivity contribution < 1.29 is 18.0 Å². The summed E-state index contributed by atoms with van der Waals surface area (Å²) < 4.78 is 41.4. The molecule has 1 heterocycles. The Bertz CT molecular complexity index is 758. The van der Waals surface area contributed by atoms with Crippen molar-refractivity contribution in [1.29, 1.82) is 0 Å². The van der Waals surface area contributed by atoms with E-state index < -0.39 is 12.2 Å². The second kappa shape index (κ2) is 6.43. The van der Waals surface area contributed by atoms with E-state index >= 15 is 0 Å². The van der Waals surface area contributed by atoms with Crippen molar-refractivity contribution in [2.75, 3.05) is 6.54 Å². The van der Waals surface area contributed by atoms with Crippen molar-refractivity contribution in [3.8, 4) is 0 Å². The molecule has 1 saturated heterocycles. The van der Waals surface area contributed by atoms with Crippen LogP contribution in [0.5, 0.6) is 0 Å². The Kier molecular flexibility index (Phi) is 4.49. The lowest BCUT2D eigenvalue weighted by Crippen LogP contribution is -2.44. The molecule has 6 heteroatoms. The van der Waals surface area contributed by atoms with Gasteiger partial charge in [-0.3, -0.25) is 10.2 Å². The number of carbonyl (C=O) groups excluding carboxylic acids is 1. The van der Waals surface area contributed by atoms with Crippen LogP contribution in [0, 0.1) is 0 Å². The topological polar surface area (TPSA) is 32.3 Å². The van der Waals surface area contributed by atoms with Crippen molar-refractivity contribution in [1.82, 2.24) is 10.4 Å². The number of rotatable bonds is 4. The van der Waals surface area contributed by atoms with Crippen LogP contribution < -0.4 is 5.43 Å². The minimum Gasteiger partial charge on any atom is -0.288 e. The number of benzene rings is 2. The van der Waals surface area contributed by atoms with Gasteiger partial charge in [-0.05, 0) is 28.3 Å². The summed E-state index contributed by atoms with van der Waals surface area (Å²) in [6, 6.07) is 8.93. The van der Waals surface area contributed by atoms with Gasteiger partial charge in [0.05, 0.1) is 0 Å². The summed E-state index contributed by atoms with van der Waals surface area (Å²) in [6.45, 7) is 2.01. The van der Waals surface area contributed by atoms with Gasteiger partial charge in [0.1, 0.15) is 6.04 Å². The average Bonchev–Trinajstić information content (AvgIpc) is 2.94. The Balaban J connectivity index is 2.16. The van der Waals surface area contributed by atoms with Crippen LogP contribution in [0.25, 0.3) is 10.8 Å². The third-order valence-electron chi connectivity index (χ3n) is 4.34. The predicted octanol–water partition coefficient (Wildman–Crippen LogP) is 4.13. The van der Waals surface area contributed by atoms with E-state index in [9.17, 15) is 18.0 Å². The molecule has 0 aliphatic carbocycles. The predicted molar refractivity (Wildman–Crippen MR) is 86.2 cm³/mol. The number of carbonyl (C=O) groups is 1. The molecule has 1 unspecified atom stereocenters. The number of nitrogens with one attached hydrogen (secondary N) is 1. The Labute approximate surface area is 138 Å². The fourth-order valence-corrected chi connectivity index (χ4v) is 3.35. The molecule has 3 nitrogen and oxygen atoms in total. The molecular weight excluding hydrogens is 317 g/mol. The first-order valence-corrected chi connectivity index (χ1v) is 8.05. The average molecular weight is 336 g/mol. The number of halogens is 3. The molecule has 0 saturated carbocycles. The summed E-state index contributed by atoms with van der Waals surface area (Å²) in [7, 11) is 0. The highest BCUT2D eigenvalue weighted by Crippen LogP contribution is 2.41. The normalized spacial score (nSPS) is 17.2. The number of hydrogen-bond donors (Lipinski definition) is 1. The zero-order valence-corrected chi connectivity index (χ0v) is 13.4. The molecule has 0 bridgehead atoms. The van der Waals surface area contributed by atoms with Gasteiger partial charge >= 0.3 is 6.18 Å². The minimum atomic E-state index is -4.47. The SMILES string of the molecule is CCCc1c(C(N2CCC(=O)N2)C(F)(F)F)ccc2ccccc12. The van der Waals surface area contributed by atoms with Crippen molar-refractivity contribution in [3.63, 3.8) is 0 Å². The molecule has 1 amide bonds. The van der Waals surface area contributed by atoms with Gasteiger partial charge in [0.25, 0.3) is 0 Å². The monoisotopic (exact) mass is 336 g/mol. The van der Waals surface area contributed by atoms with Gasteiger partial charge in [-0.2, -0.15) is 13.2 Å². The number of aryl methyl sites for hydroxylation is 1. The van der Waals surface area contributed by atoms with E-state index in [1.807, 2.05) is 31.2 Å². The highest BCUT2D eigenvalue weighted by atomic mass is 19.4. The lowest BCUT2D eigenvalue weighted by molar-refractivity contribution is -0.191. The molecule has 0 radical (unpaired) electrons. The number of hydrazine groups is 1. The molecule has 2 aromatic carbocycles. The van der Waals surface area contributed by atoms with Crippen molar-refractivity contribution in [2.45, 2.75) is 38.4 Å². The molecule has 1 atom stereocenters. The number of fused-ring (bicyclic) bond motifs is 1. The van der Waals surface area contributed by atoms with Crippen molar-refractivity contribution >= 4 is 16.7 Å². The first-order valence-electron chi connectivity index (χ1n) is 8.05. The fourth-order valence-electron chi connectivity index (χ4n) is 3.35. The largest absolute Gasteiger partial charge is 0.409 e. The number of alkyl halides is 3. The Morgan fingerprint density at radius 2 is 1.96 bits per heavy atom. The maximum Gasteiger partial charge on any atom is 0.409 e. The Morgan fingerprint density at radius 1 is 1.21 bits per heavy atom. The molecule has 24 heavy (non-hydrogen) atoms. The second-order valence-electron chi connectivity index (χ2n) is 6.03. The van der Waals surface area contributed by atoms with Crippen LogP contribution in [0.3, 0.4) is 0 Å². The van der Waals surface area contributed by atoms with E-state index in [2.05, 4.69) is 5.43 Å². The van der Waals surface area contributed by atoms with Gasteiger partial charge in [-0.25, -0.2) is 5.01 Å². The molecule has 1 fully saturated rings. The Morgan fingerprint density at radius 3 is 2.58 bits per heavy atom. The molecule has 1 aliphatic rings. The highest BCUT2D eigenvalue weighted by Gasteiger charge is 2.47. The number of hydrogen-bond acceptors (Lipinski definition) is 2. The van der Waals surface area contributed by atoms with E-state index in [4.69, 9.17) is 0 Å². The molecule has 2 aromatic rings. The van der Waals surface area contributed by atoms with E-state index in [0.717, 1.165) is 22.2 Å². The smallest absolute Gasteiger partial charge is 0.288 e. The molecule has 128 valence electrons. The molecule has 1 aliphatic heterocycles. The number of nitrogens with zero attached hydrogens (tertiary/aromatic N) is 1. The van der Waals surface area contributed by atoms with Gasteiger partial charge < -0.3 is 0 Å². The van der Waals surface area contributed by atoms with Crippen molar-refractivity contribution in [3.05, 3.63) is 47.5 Å². The minimum absolute atomic E-state index is 0.0569. The van der Waals surface area contributed by atoms with Crippen LogP contribution >= 0.6 is 0 Å². The highest BCUT2D eigenvalue weighted by molar-refractivity contribution is 5.87. The van der Waals surface area contributed by atoms with E-state index in [1.165, 1.54) is 0 Å². The maximum absolute atomic E-state index is 13.8. The summed E-state index contributed by atoms with van der Waals surface area (Å²) in [4.78, 5) is 11.4. The lowest BCUT2D eigenvalue weighted by Gasteiger charge is -2.31. The third-order valence-corrected chi connectivity index (χ3v) is 4.34. The molecule has 3 rings (SSSR count). The Hall–Kier alpha value is -2.08. The molecule has 0 aromatic heterocycles. The van der Waals surface area contributed by atoms with Crippen LogP contribution in [0.2, 0.25) is 0 Å². The zero-order valence-electron chi connectivity index (χ0n) is 13.4. The number of amides is 1. The second-order valence-corrected chi connectivity index (χ2v) is 6.03. The summed E-state index contributed by atoms with van der Waals surface area (Å²) in [5.74, 6) is -0.373. The van der Waals surface area contributed by atoms with Crippen molar-refractivity contribution in [2.24, 2.45) is 0 Å². The lowest BCUT2D eigenvalue weighted by atomic mass is 9.91.